The molecule has 1 amide bonds. The number of carbonyl (C=O) groups excluding carboxylic acids is 1. The summed E-state index contributed by atoms with van der Waals surface area (Å²) in [5, 5.41) is 3.92. The monoisotopic (exact) mass is 422 g/mol. The Bertz CT molecular complexity index is 1150. The van der Waals surface area contributed by atoms with Crippen LogP contribution < -0.4 is 5.56 Å². The second-order valence-corrected chi connectivity index (χ2v) is 8.79. The summed E-state index contributed by atoms with van der Waals surface area (Å²) in [5.41, 5.74) is 2.71. The molecule has 5 rings (SSSR count). The number of fused-ring (bicyclic) bond motifs is 4. The molecule has 0 saturated carbocycles. The molecule has 3 aromatic rings. The summed E-state index contributed by atoms with van der Waals surface area (Å²) < 4.78 is 12.5. The molecule has 1 saturated heterocycles. The van der Waals surface area contributed by atoms with Gasteiger partial charge in [0.2, 0.25) is 0 Å². The van der Waals surface area contributed by atoms with Gasteiger partial charge < -0.3 is 18.4 Å². The van der Waals surface area contributed by atoms with E-state index in [0.717, 1.165) is 29.1 Å². The standard InChI is InChI=1S/C23H26N4O4/c1-15-8-19(31-24-15)14-25(2)12-17-5-6-20-18-9-16(11-27(20)22(17)28)10-26(13-18)23(29)21-4-3-7-30-21/h3-8,16,18H,9-14H2,1-2H3/t16-,18+/m0/s1. The predicted molar refractivity (Wildman–Crippen MR) is 113 cm³/mol. The molecule has 0 unspecified atom stereocenters. The van der Waals surface area contributed by atoms with Crippen LogP contribution in [0.1, 0.15) is 45.6 Å². The predicted octanol–water partition coefficient (Wildman–Crippen LogP) is 2.63. The van der Waals surface area contributed by atoms with Crippen LogP contribution >= 0.6 is 0 Å². The van der Waals surface area contributed by atoms with Crippen LogP contribution in [0.15, 0.2) is 50.3 Å². The van der Waals surface area contributed by atoms with Crippen LogP contribution in [0.4, 0.5) is 0 Å². The van der Waals surface area contributed by atoms with Crippen LogP contribution in [-0.4, -0.2) is 45.6 Å². The number of furan rings is 1. The number of hydrogen-bond acceptors (Lipinski definition) is 6. The average molecular weight is 422 g/mol. The zero-order valence-electron chi connectivity index (χ0n) is 17.8. The number of aryl methyl sites for hydroxylation is 1. The van der Waals surface area contributed by atoms with Crippen molar-refractivity contribution in [3.8, 4) is 0 Å². The smallest absolute Gasteiger partial charge is 0.289 e. The van der Waals surface area contributed by atoms with Gasteiger partial charge in [-0.25, -0.2) is 0 Å². The molecule has 1 fully saturated rings. The Morgan fingerprint density at radius 3 is 2.84 bits per heavy atom. The molecule has 2 atom stereocenters. The molecule has 0 radical (unpaired) electrons. The molecule has 31 heavy (non-hydrogen) atoms. The molecular formula is C23H26N4O4. The van der Waals surface area contributed by atoms with E-state index < -0.39 is 0 Å². The lowest BCUT2D eigenvalue weighted by atomic mass is 9.83. The second-order valence-electron chi connectivity index (χ2n) is 8.79. The molecular weight excluding hydrogens is 396 g/mol. The normalized spacial score (nSPS) is 20.2. The van der Waals surface area contributed by atoms with Gasteiger partial charge in [0, 0.05) is 49.4 Å². The summed E-state index contributed by atoms with van der Waals surface area (Å²) >= 11 is 0. The number of hydrogen-bond donors (Lipinski definition) is 0. The minimum absolute atomic E-state index is 0.0682. The molecule has 0 aliphatic carbocycles. The van der Waals surface area contributed by atoms with E-state index in [9.17, 15) is 9.59 Å². The molecule has 2 bridgehead atoms. The summed E-state index contributed by atoms with van der Waals surface area (Å²) in [6.45, 7) is 4.93. The van der Waals surface area contributed by atoms with Gasteiger partial charge in [-0.3, -0.25) is 14.5 Å². The Morgan fingerprint density at radius 1 is 1.23 bits per heavy atom. The van der Waals surface area contributed by atoms with E-state index in [0.29, 0.717) is 38.5 Å². The molecule has 5 heterocycles. The second kappa shape index (κ2) is 7.85. The van der Waals surface area contributed by atoms with Gasteiger partial charge in [0.15, 0.2) is 11.5 Å². The van der Waals surface area contributed by atoms with Gasteiger partial charge in [0.1, 0.15) is 0 Å². The SMILES string of the molecule is Cc1cc(CN(C)Cc2ccc3n(c2=O)C[C@H]2C[C@@H]3CN(C(=O)c3ccco3)C2)on1. The van der Waals surface area contributed by atoms with Gasteiger partial charge in [-0.1, -0.05) is 11.2 Å². The van der Waals surface area contributed by atoms with Crippen LogP contribution in [0, 0.1) is 12.8 Å². The number of piperidine rings is 1. The number of rotatable bonds is 5. The summed E-state index contributed by atoms with van der Waals surface area (Å²) in [5.74, 6) is 1.53. The highest BCUT2D eigenvalue weighted by atomic mass is 16.5. The lowest BCUT2D eigenvalue weighted by molar-refractivity contribution is 0.0563. The first-order chi connectivity index (χ1) is 15.0. The van der Waals surface area contributed by atoms with Crippen molar-refractivity contribution >= 4 is 5.91 Å². The third-order valence-electron chi connectivity index (χ3n) is 6.25. The lowest BCUT2D eigenvalue weighted by Gasteiger charge is -2.42. The summed E-state index contributed by atoms with van der Waals surface area (Å²) in [4.78, 5) is 29.9. The van der Waals surface area contributed by atoms with Gasteiger partial charge in [-0.15, -0.1) is 0 Å². The van der Waals surface area contributed by atoms with Crippen LogP contribution in [0.2, 0.25) is 0 Å². The average Bonchev–Trinajstić information content (AvgIpc) is 3.42. The third-order valence-corrected chi connectivity index (χ3v) is 6.25. The lowest BCUT2D eigenvalue weighted by Crippen LogP contribution is -2.49. The van der Waals surface area contributed by atoms with Crippen LogP contribution in [0.3, 0.4) is 0 Å². The van der Waals surface area contributed by atoms with Crippen molar-refractivity contribution in [2.45, 2.75) is 38.9 Å². The number of aromatic nitrogens is 2. The van der Waals surface area contributed by atoms with Crippen molar-refractivity contribution in [1.29, 1.82) is 0 Å². The highest BCUT2D eigenvalue weighted by Gasteiger charge is 2.37. The molecule has 162 valence electrons. The van der Waals surface area contributed by atoms with Gasteiger partial charge in [0.05, 0.1) is 18.5 Å². The van der Waals surface area contributed by atoms with Crippen molar-refractivity contribution in [3.05, 3.63) is 75.4 Å². The van der Waals surface area contributed by atoms with Crippen molar-refractivity contribution in [2.24, 2.45) is 5.92 Å². The first-order valence-electron chi connectivity index (χ1n) is 10.6. The Balaban J connectivity index is 1.33. The van der Waals surface area contributed by atoms with Gasteiger partial charge in [0.25, 0.3) is 11.5 Å². The molecule has 2 aliphatic heterocycles. The number of nitrogens with zero attached hydrogens (tertiary/aromatic N) is 4. The quantitative estimate of drug-likeness (QED) is 0.629. The van der Waals surface area contributed by atoms with Crippen molar-refractivity contribution in [1.82, 2.24) is 19.5 Å². The van der Waals surface area contributed by atoms with E-state index in [2.05, 4.69) is 16.1 Å². The van der Waals surface area contributed by atoms with E-state index in [1.807, 2.05) is 35.6 Å². The Morgan fingerprint density at radius 2 is 2.10 bits per heavy atom. The molecule has 0 aromatic carbocycles. The zero-order valence-corrected chi connectivity index (χ0v) is 17.8. The highest BCUT2D eigenvalue weighted by Crippen LogP contribution is 2.35. The van der Waals surface area contributed by atoms with Gasteiger partial charge in [-0.05, 0) is 44.5 Å². The molecule has 8 nitrogen and oxygen atoms in total. The number of carbonyl (C=O) groups is 1. The van der Waals surface area contributed by atoms with E-state index >= 15 is 0 Å². The maximum Gasteiger partial charge on any atom is 0.289 e. The van der Waals surface area contributed by atoms with Crippen LogP contribution in [-0.2, 0) is 19.6 Å². The van der Waals surface area contributed by atoms with E-state index in [1.165, 1.54) is 6.26 Å². The molecule has 8 heteroatoms. The summed E-state index contributed by atoms with van der Waals surface area (Å²) in [7, 11) is 1.97. The van der Waals surface area contributed by atoms with Crippen molar-refractivity contribution in [3.63, 3.8) is 0 Å². The minimum atomic E-state index is -0.0728. The largest absolute Gasteiger partial charge is 0.459 e. The topological polar surface area (TPSA) is 84.7 Å². The molecule has 3 aromatic heterocycles. The Labute approximate surface area is 180 Å². The fraction of sp³-hybridized carbons (Fsp3) is 0.435. The summed E-state index contributed by atoms with van der Waals surface area (Å²) in [6, 6.07) is 9.34. The molecule has 0 N–H and O–H groups in total. The zero-order chi connectivity index (χ0) is 21.5. The first kappa shape index (κ1) is 19.8. The molecule has 2 aliphatic rings. The van der Waals surface area contributed by atoms with Gasteiger partial charge >= 0.3 is 0 Å². The van der Waals surface area contributed by atoms with Crippen molar-refractivity contribution < 1.29 is 13.7 Å². The Hall–Kier alpha value is -3.13. The maximum atomic E-state index is 13.2. The minimum Gasteiger partial charge on any atom is -0.459 e. The first-order valence-corrected chi connectivity index (χ1v) is 10.6. The third kappa shape index (κ3) is 3.83. The highest BCUT2D eigenvalue weighted by molar-refractivity contribution is 5.91. The van der Waals surface area contributed by atoms with Crippen LogP contribution in [0.25, 0.3) is 0 Å². The Kier molecular flexibility index (Phi) is 5.02. The van der Waals surface area contributed by atoms with E-state index in [1.54, 1.807) is 12.1 Å². The number of likely N-dealkylation sites (tertiary alicyclic amines) is 1. The number of pyridine rings is 1. The maximum absolute atomic E-state index is 13.2. The van der Waals surface area contributed by atoms with E-state index in [-0.39, 0.29) is 23.3 Å². The fourth-order valence-electron chi connectivity index (χ4n) is 4.94. The van der Waals surface area contributed by atoms with Crippen LogP contribution in [0.5, 0.6) is 0 Å². The molecule has 0 spiro atoms. The van der Waals surface area contributed by atoms with Crippen molar-refractivity contribution in [2.75, 3.05) is 20.1 Å². The number of amides is 1. The summed E-state index contributed by atoms with van der Waals surface area (Å²) in [6.07, 6.45) is 2.53. The van der Waals surface area contributed by atoms with E-state index in [4.69, 9.17) is 8.94 Å². The van der Waals surface area contributed by atoms with Gasteiger partial charge in [-0.2, -0.15) is 0 Å². The fourth-order valence-corrected chi connectivity index (χ4v) is 4.94.